The summed E-state index contributed by atoms with van der Waals surface area (Å²) in [5, 5.41) is 12.0. The fourth-order valence-corrected chi connectivity index (χ4v) is 3.87. The molecule has 0 radical (unpaired) electrons. The van der Waals surface area contributed by atoms with Crippen LogP contribution in [0.1, 0.15) is 30.5 Å². The maximum atomic E-state index is 12.0. The first-order valence-electron chi connectivity index (χ1n) is 9.08. The molecule has 27 heavy (non-hydrogen) atoms. The summed E-state index contributed by atoms with van der Waals surface area (Å²) < 4.78 is 6.31. The van der Waals surface area contributed by atoms with E-state index in [9.17, 15) is 5.11 Å². The molecule has 2 aromatic rings. The molecule has 2 aliphatic rings. The van der Waals surface area contributed by atoms with Gasteiger partial charge >= 0.3 is 0 Å². The number of aliphatic hydroxyl groups is 1. The molecule has 0 aromatic heterocycles. The highest BCUT2D eigenvalue weighted by atomic mass is 16.5. The predicted octanol–water partition coefficient (Wildman–Crippen LogP) is 5.78. The molecule has 2 nitrogen and oxygen atoms in total. The predicted molar refractivity (Wildman–Crippen MR) is 111 cm³/mol. The molecule has 1 atom stereocenters. The van der Waals surface area contributed by atoms with Crippen LogP contribution in [0.4, 0.5) is 0 Å². The first-order chi connectivity index (χ1) is 13.1. The Balaban J connectivity index is 1.95. The largest absolute Gasteiger partial charge is 0.457 e. The van der Waals surface area contributed by atoms with E-state index in [0.29, 0.717) is 11.5 Å². The Morgan fingerprint density at radius 3 is 2.52 bits per heavy atom. The Kier molecular flexibility index (Phi) is 4.21. The summed E-state index contributed by atoms with van der Waals surface area (Å²) in [4.78, 5) is 0. The molecule has 0 saturated carbocycles. The van der Waals surface area contributed by atoms with Crippen molar-refractivity contribution < 1.29 is 9.84 Å². The molecule has 2 heteroatoms. The van der Waals surface area contributed by atoms with E-state index >= 15 is 0 Å². The Morgan fingerprint density at radius 2 is 1.74 bits per heavy atom. The highest BCUT2D eigenvalue weighted by Gasteiger charge is 2.46. The van der Waals surface area contributed by atoms with Gasteiger partial charge in [0.15, 0.2) is 5.60 Å². The number of para-hydroxylation sites is 1. The molecule has 0 bridgehead atoms. The lowest BCUT2D eigenvalue weighted by Crippen LogP contribution is -2.31. The van der Waals surface area contributed by atoms with E-state index < -0.39 is 5.60 Å². The van der Waals surface area contributed by atoms with E-state index in [-0.39, 0.29) is 0 Å². The van der Waals surface area contributed by atoms with E-state index in [1.54, 1.807) is 0 Å². The minimum absolute atomic E-state index is 0.482. The summed E-state index contributed by atoms with van der Waals surface area (Å²) in [5.41, 5.74) is 4.22. The quantitative estimate of drug-likeness (QED) is 0.740. The van der Waals surface area contributed by atoms with Crippen LogP contribution in [0.5, 0.6) is 5.75 Å². The number of hydrogen-bond donors (Lipinski definition) is 1. The van der Waals surface area contributed by atoms with Crippen molar-refractivity contribution in [3.05, 3.63) is 114 Å². The number of benzene rings is 2. The van der Waals surface area contributed by atoms with Gasteiger partial charge in [0, 0.05) is 11.1 Å². The number of hydrogen-bond acceptors (Lipinski definition) is 2. The SMILES string of the molecule is C=C1/C=C\C=C(\C2(O)C(/C=C\C)=C(C)c3ccccc32)Oc2ccccc21. The number of fused-ring (bicyclic) bond motifs is 2. The van der Waals surface area contributed by atoms with Crippen LogP contribution in [-0.2, 0) is 5.60 Å². The summed E-state index contributed by atoms with van der Waals surface area (Å²) in [7, 11) is 0. The molecular formula is C25H22O2. The molecule has 4 rings (SSSR count). The van der Waals surface area contributed by atoms with Crippen LogP contribution in [0.2, 0.25) is 0 Å². The number of allylic oxidation sites excluding steroid dienone is 6. The van der Waals surface area contributed by atoms with Crippen molar-refractivity contribution in [3.63, 3.8) is 0 Å². The molecule has 0 spiro atoms. The standard InChI is InChI=1S/C25H22O2/c1-4-10-21-18(3)20-13-5-7-14-22(20)25(21,26)24-16-9-11-17(2)19-12-6-8-15-23(19)27-24/h4-16,26H,2H2,1,3H3/b10-4-,11-9-,24-16-. The minimum Gasteiger partial charge on any atom is -0.457 e. The molecule has 0 amide bonds. The summed E-state index contributed by atoms with van der Waals surface area (Å²) in [5.74, 6) is 1.17. The molecule has 0 saturated heterocycles. The van der Waals surface area contributed by atoms with Crippen molar-refractivity contribution in [2.24, 2.45) is 0 Å². The lowest BCUT2D eigenvalue weighted by molar-refractivity contribution is 0.0804. The fraction of sp³-hybridized carbons (Fsp3) is 0.120. The third-order valence-corrected chi connectivity index (χ3v) is 5.20. The maximum absolute atomic E-state index is 12.0. The molecule has 2 aromatic carbocycles. The summed E-state index contributed by atoms with van der Waals surface area (Å²) >= 11 is 0. The third kappa shape index (κ3) is 2.61. The zero-order valence-electron chi connectivity index (χ0n) is 15.6. The average molecular weight is 354 g/mol. The van der Waals surface area contributed by atoms with Gasteiger partial charge in [0.1, 0.15) is 11.5 Å². The van der Waals surface area contributed by atoms with Crippen LogP contribution in [0, 0.1) is 0 Å². The van der Waals surface area contributed by atoms with Crippen molar-refractivity contribution in [1.82, 2.24) is 0 Å². The Morgan fingerprint density at radius 1 is 1.04 bits per heavy atom. The van der Waals surface area contributed by atoms with Crippen molar-refractivity contribution in [1.29, 1.82) is 0 Å². The highest BCUT2D eigenvalue weighted by molar-refractivity contribution is 5.83. The van der Waals surface area contributed by atoms with E-state index in [0.717, 1.165) is 33.4 Å². The van der Waals surface area contributed by atoms with Gasteiger partial charge in [-0.25, -0.2) is 0 Å². The smallest absolute Gasteiger partial charge is 0.173 e. The molecule has 1 aliphatic heterocycles. The van der Waals surface area contributed by atoms with Crippen molar-refractivity contribution in [2.45, 2.75) is 19.4 Å². The van der Waals surface area contributed by atoms with Gasteiger partial charge in [0.05, 0.1) is 0 Å². The van der Waals surface area contributed by atoms with Crippen LogP contribution >= 0.6 is 0 Å². The van der Waals surface area contributed by atoms with E-state index in [1.165, 1.54) is 0 Å². The Bertz CT molecular complexity index is 1050. The van der Waals surface area contributed by atoms with Gasteiger partial charge in [0.2, 0.25) is 0 Å². The van der Waals surface area contributed by atoms with Gasteiger partial charge in [-0.05, 0) is 48.3 Å². The topological polar surface area (TPSA) is 29.5 Å². The van der Waals surface area contributed by atoms with Gasteiger partial charge in [-0.2, -0.15) is 0 Å². The summed E-state index contributed by atoms with van der Waals surface area (Å²) in [6.45, 7) is 8.11. The lowest BCUT2D eigenvalue weighted by atomic mass is 9.87. The first kappa shape index (κ1) is 17.3. The van der Waals surface area contributed by atoms with Crippen molar-refractivity contribution in [2.75, 3.05) is 0 Å². The zero-order chi connectivity index (χ0) is 19.0. The summed E-state index contributed by atoms with van der Waals surface area (Å²) in [6.07, 6.45) is 9.57. The van der Waals surface area contributed by atoms with Gasteiger partial charge < -0.3 is 9.84 Å². The van der Waals surface area contributed by atoms with Crippen molar-refractivity contribution in [3.8, 4) is 5.75 Å². The zero-order valence-corrected chi connectivity index (χ0v) is 15.6. The van der Waals surface area contributed by atoms with Gasteiger partial charge in [-0.3, -0.25) is 0 Å². The summed E-state index contributed by atoms with van der Waals surface area (Å²) in [6, 6.07) is 15.7. The fourth-order valence-electron chi connectivity index (χ4n) is 3.87. The van der Waals surface area contributed by atoms with E-state index in [1.807, 2.05) is 92.8 Å². The van der Waals surface area contributed by atoms with E-state index in [4.69, 9.17) is 4.74 Å². The maximum Gasteiger partial charge on any atom is 0.173 e. The lowest BCUT2D eigenvalue weighted by Gasteiger charge is -2.30. The van der Waals surface area contributed by atoms with E-state index in [2.05, 4.69) is 6.58 Å². The van der Waals surface area contributed by atoms with Gasteiger partial charge in [-0.15, -0.1) is 0 Å². The van der Waals surface area contributed by atoms with Crippen LogP contribution < -0.4 is 4.74 Å². The second kappa shape index (κ2) is 6.57. The molecule has 134 valence electrons. The van der Waals surface area contributed by atoms with Crippen LogP contribution in [-0.4, -0.2) is 5.11 Å². The third-order valence-electron chi connectivity index (χ3n) is 5.20. The Labute approximate surface area is 160 Å². The normalized spacial score (nSPS) is 24.6. The molecular weight excluding hydrogens is 332 g/mol. The molecule has 1 unspecified atom stereocenters. The molecule has 1 aliphatic carbocycles. The minimum atomic E-state index is -1.34. The van der Waals surface area contributed by atoms with Crippen LogP contribution in [0.15, 0.2) is 96.8 Å². The molecule has 0 fully saturated rings. The van der Waals surface area contributed by atoms with Crippen LogP contribution in [0.25, 0.3) is 11.1 Å². The van der Waals surface area contributed by atoms with Gasteiger partial charge in [-0.1, -0.05) is 73.3 Å². The average Bonchev–Trinajstić information content (AvgIpc) is 2.89. The molecule has 1 N–H and O–H groups in total. The second-order valence-corrected chi connectivity index (χ2v) is 6.81. The number of ether oxygens (including phenoxy) is 1. The molecule has 1 heterocycles. The highest BCUT2D eigenvalue weighted by Crippen LogP contribution is 2.50. The van der Waals surface area contributed by atoms with Gasteiger partial charge in [0.25, 0.3) is 0 Å². The monoisotopic (exact) mass is 354 g/mol. The second-order valence-electron chi connectivity index (χ2n) is 6.81. The van der Waals surface area contributed by atoms with Crippen molar-refractivity contribution >= 4 is 11.1 Å². The Hall–Kier alpha value is -3.10. The van der Waals surface area contributed by atoms with Crippen LogP contribution in [0.3, 0.4) is 0 Å². The number of rotatable bonds is 2. The first-order valence-corrected chi connectivity index (χ1v) is 9.08.